The summed E-state index contributed by atoms with van der Waals surface area (Å²) >= 11 is 1.01. The van der Waals surface area contributed by atoms with Crippen LogP contribution < -0.4 is 11.2 Å². The van der Waals surface area contributed by atoms with Gasteiger partial charge in [0.1, 0.15) is 11.5 Å². The maximum Gasteiger partial charge on any atom is 0.329 e. The Kier molecular flexibility index (Phi) is 4.09. The molecular weight excluding hydrogens is 279 g/mol. The van der Waals surface area contributed by atoms with E-state index in [-0.39, 0.29) is 12.2 Å². The molecule has 0 aliphatic carbocycles. The smallest absolute Gasteiger partial charge is 0.329 e. The number of aromatic nitrogens is 2. The molecule has 3 N–H and O–H groups in total. The lowest BCUT2D eigenvalue weighted by Crippen LogP contribution is -2.38. The lowest BCUT2D eigenvalue weighted by molar-refractivity contribution is -0.210. The van der Waals surface area contributed by atoms with Crippen molar-refractivity contribution in [3.8, 4) is 0 Å². The van der Waals surface area contributed by atoms with Crippen LogP contribution in [-0.2, 0) is 4.94 Å². The van der Waals surface area contributed by atoms with E-state index in [1.165, 1.54) is 13.1 Å². The molecule has 1 aromatic rings. The van der Waals surface area contributed by atoms with Gasteiger partial charge in [-0.25, -0.2) is 4.79 Å². The number of aromatic amines is 1. The van der Waals surface area contributed by atoms with E-state index >= 15 is 0 Å². The minimum Gasteiger partial charge on any atom is -0.395 e. The van der Waals surface area contributed by atoms with Gasteiger partial charge in [0, 0.05) is 11.8 Å². The van der Waals surface area contributed by atoms with Crippen molar-refractivity contribution in [2.24, 2.45) is 0 Å². The molecule has 106 valence electrons. The van der Waals surface area contributed by atoms with Crippen LogP contribution >= 0.6 is 11.8 Å². The van der Waals surface area contributed by atoms with E-state index in [1.54, 1.807) is 0 Å². The number of H-pyrrole nitrogens is 1. The molecule has 1 aromatic heterocycles. The van der Waals surface area contributed by atoms with E-state index < -0.39 is 34.1 Å². The summed E-state index contributed by atoms with van der Waals surface area (Å²) in [6.07, 6.45) is -1.26. The van der Waals surface area contributed by atoms with E-state index in [0.717, 1.165) is 16.3 Å². The summed E-state index contributed by atoms with van der Waals surface area (Å²) in [5, 5.41) is 17.3. The van der Waals surface area contributed by atoms with E-state index in [1.807, 2.05) is 0 Å². The van der Waals surface area contributed by atoms with Gasteiger partial charge < -0.3 is 10.2 Å². The molecule has 0 amide bonds. The summed E-state index contributed by atoms with van der Waals surface area (Å²) in [5.74, 6) is 0. The number of aliphatic hydroxyl groups is 2. The van der Waals surface area contributed by atoms with Gasteiger partial charge in [-0.2, -0.15) is 4.94 Å². The number of nitrogens with zero attached hydrogens (tertiary/aromatic N) is 1. The highest BCUT2D eigenvalue weighted by atomic mass is 32.2. The average Bonchev–Trinajstić information content (AvgIpc) is 2.70. The van der Waals surface area contributed by atoms with Gasteiger partial charge in [0.2, 0.25) is 0 Å². The van der Waals surface area contributed by atoms with Gasteiger partial charge >= 0.3 is 5.69 Å². The predicted molar refractivity (Wildman–Crippen MR) is 65.5 cm³/mol. The van der Waals surface area contributed by atoms with Crippen LogP contribution in [0.2, 0.25) is 0 Å². The SMILES string of the molecule is Cc1cn([C@@H]2S[C@H](CO)[C@@H](O)[C@@H]2OF)c(=O)[nH]c1=O. The van der Waals surface area contributed by atoms with Gasteiger partial charge in [0.15, 0.2) is 6.10 Å². The second-order valence-corrected chi connectivity index (χ2v) is 5.63. The van der Waals surface area contributed by atoms with Crippen LogP contribution in [0.4, 0.5) is 4.53 Å². The number of halogens is 1. The standard InChI is InChI=1S/C10H13FN2O5S/c1-4-2-13(10(17)12-8(4)16)9-7(18-11)6(15)5(3-14)19-9/h2,5-7,9,14-15H,3H2,1H3,(H,12,16,17)/t5-,6-,7+,9-/m1/s1. The second kappa shape index (κ2) is 5.45. The van der Waals surface area contributed by atoms with Crippen molar-refractivity contribution in [3.63, 3.8) is 0 Å². The molecule has 0 radical (unpaired) electrons. The number of nitrogens with one attached hydrogen (secondary N) is 1. The Hall–Kier alpha value is -1.16. The molecule has 2 rings (SSSR count). The largest absolute Gasteiger partial charge is 0.395 e. The van der Waals surface area contributed by atoms with Crippen LogP contribution in [0.15, 0.2) is 15.8 Å². The van der Waals surface area contributed by atoms with Crippen molar-refractivity contribution in [1.29, 1.82) is 0 Å². The quantitative estimate of drug-likeness (QED) is 0.665. The minimum atomic E-state index is -1.29. The van der Waals surface area contributed by atoms with Crippen LogP contribution in [0.25, 0.3) is 0 Å². The maximum absolute atomic E-state index is 12.6. The van der Waals surface area contributed by atoms with E-state index in [0.29, 0.717) is 0 Å². The Morgan fingerprint density at radius 2 is 2.26 bits per heavy atom. The van der Waals surface area contributed by atoms with Gasteiger partial charge in [-0.1, -0.05) is 0 Å². The molecule has 0 saturated carbocycles. The molecule has 4 atom stereocenters. The third-order valence-electron chi connectivity index (χ3n) is 3.02. The summed E-state index contributed by atoms with van der Waals surface area (Å²) in [6.45, 7) is 1.12. The second-order valence-electron chi connectivity index (χ2n) is 4.27. The predicted octanol–water partition coefficient (Wildman–Crippen LogP) is -0.918. The first-order valence-corrected chi connectivity index (χ1v) is 6.47. The Morgan fingerprint density at radius 3 is 2.84 bits per heavy atom. The molecule has 2 heterocycles. The number of hydrogen-bond donors (Lipinski definition) is 3. The van der Waals surface area contributed by atoms with Crippen LogP contribution in [-0.4, -0.2) is 43.8 Å². The molecule has 1 fully saturated rings. The zero-order valence-corrected chi connectivity index (χ0v) is 10.8. The Labute approximate surface area is 110 Å². The van der Waals surface area contributed by atoms with Crippen molar-refractivity contribution in [2.75, 3.05) is 6.61 Å². The molecule has 0 aromatic carbocycles. The van der Waals surface area contributed by atoms with Crippen LogP contribution in [0.5, 0.6) is 0 Å². The van der Waals surface area contributed by atoms with Crippen molar-refractivity contribution >= 4 is 11.8 Å². The highest BCUT2D eigenvalue weighted by molar-refractivity contribution is 8.00. The van der Waals surface area contributed by atoms with E-state index in [2.05, 4.69) is 9.93 Å². The molecule has 0 unspecified atom stereocenters. The molecule has 1 aliphatic rings. The number of aliphatic hydroxyl groups excluding tert-OH is 2. The van der Waals surface area contributed by atoms with Gasteiger partial charge in [-0.15, -0.1) is 11.8 Å². The van der Waals surface area contributed by atoms with Gasteiger partial charge in [-0.05, 0) is 11.4 Å². The number of rotatable bonds is 3. The zero-order valence-electron chi connectivity index (χ0n) is 9.95. The molecular formula is C10H13FN2O5S. The fraction of sp³-hybridized carbons (Fsp3) is 0.600. The summed E-state index contributed by atoms with van der Waals surface area (Å²) in [6, 6.07) is 0. The van der Waals surface area contributed by atoms with E-state index in [4.69, 9.17) is 5.11 Å². The van der Waals surface area contributed by atoms with E-state index in [9.17, 15) is 19.2 Å². The fourth-order valence-corrected chi connectivity index (χ4v) is 3.37. The molecule has 0 bridgehead atoms. The Bertz CT molecular complexity index is 574. The molecule has 7 nitrogen and oxygen atoms in total. The molecule has 9 heteroatoms. The number of hydrogen-bond acceptors (Lipinski definition) is 6. The molecule has 19 heavy (non-hydrogen) atoms. The zero-order chi connectivity index (χ0) is 14.2. The number of aryl methyl sites for hydroxylation is 1. The van der Waals surface area contributed by atoms with Crippen LogP contribution in [0.3, 0.4) is 0 Å². The monoisotopic (exact) mass is 292 g/mol. The lowest BCUT2D eigenvalue weighted by atomic mass is 10.1. The third-order valence-corrected chi connectivity index (χ3v) is 4.57. The van der Waals surface area contributed by atoms with Crippen LogP contribution in [0, 0.1) is 6.92 Å². The van der Waals surface area contributed by atoms with Gasteiger partial charge in [0.05, 0.1) is 11.9 Å². The molecule has 0 spiro atoms. The highest BCUT2D eigenvalue weighted by Crippen LogP contribution is 2.42. The topological polar surface area (TPSA) is 105 Å². The highest BCUT2D eigenvalue weighted by Gasteiger charge is 2.46. The van der Waals surface area contributed by atoms with Crippen LogP contribution in [0.1, 0.15) is 10.9 Å². The van der Waals surface area contributed by atoms with Crippen molar-refractivity contribution in [3.05, 3.63) is 32.6 Å². The van der Waals surface area contributed by atoms with Gasteiger partial charge in [-0.3, -0.25) is 14.3 Å². The average molecular weight is 292 g/mol. The molecule has 1 saturated heterocycles. The number of thioether (sulfide) groups is 1. The Balaban J connectivity index is 2.44. The Morgan fingerprint density at radius 1 is 1.58 bits per heavy atom. The lowest BCUT2D eigenvalue weighted by Gasteiger charge is -2.18. The summed E-state index contributed by atoms with van der Waals surface area (Å²) in [5.41, 5.74) is -0.970. The molecule has 1 aliphatic heterocycles. The first-order valence-electron chi connectivity index (χ1n) is 5.53. The first kappa shape index (κ1) is 14.3. The first-order chi connectivity index (χ1) is 8.99. The summed E-state index contributed by atoms with van der Waals surface area (Å²) < 4.78 is 13.7. The maximum atomic E-state index is 12.6. The fourth-order valence-electron chi connectivity index (χ4n) is 1.96. The third kappa shape index (κ3) is 2.46. The van der Waals surface area contributed by atoms with Crippen molar-refractivity contribution < 1.29 is 19.7 Å². The van der Waals surface area contributed by atoms with Crippen molar-refractivity contribution in [2.45, 2.75) is 29.8 Å². The van der Waals surface area contributed by atoms with Gasteiger partial charge in [0.25, 0.3) is 5.56 Å². The van der Waals surface area contributed by atoms with Crippen molar-refractivity contribution in [1.82, 2.24) is 9.55 Å². The summed E-state index contributed by atoms with van der Waals surface area (Å²) in [7, 11) is 0. The minimum absolute atomic E-state index is 0.278. The normalized spacial score (nSPS) is 30.7. The summed E-state index contributed by atoms with van der Waals surface area (Å²) in [4.78, 5) is 28.8.